The zero-order valence-corrected chi connectivity index (χ0v) is 14.7. The van der Waals surface area contributed by atoms with Crippen LogP contribution in [0.3, 0.4) is 0 Å². The van der Waals surface area contributed by atoms with E-state index in [1.165, 1.54) is 10.8 Å². The van der Waals surface area contributed by atoms with E-state index in [-0.39, 0.29) is 29.6 Å². The van der Waals surface area contributed by atoms with Gasteiger partial charge in [-0.05, 0) is 39.1 Å². The van der Waals surface area contributed by atoms with Crippen molar-refractivity contribution < 1.29 is 4.74 Å². The number of halogens is 1. The van der Waals surface area contributed by atoms with Gasteiger partial charge in [0.25, 0.3) is 0 Å². The number of hydrogen-bond acceptors (Lipinski definition) is 2. The van der Waals surface area contributed by atoms with Crippen molar-refractivity contribution in [3.05, 3.63) is 42.5 Å². The van der Waals surface area contributed by atoms with Gasteiger partial charge in [0.05, 0.1) is 0 Å². The molecule has 120 valence electrons. The lowest BCUT2D eigenvalue weighted by Crippen LogP contribution is -2.60. The molecule has 22 heavy (non-hydrogen) atoms. The second-order valence-corrected chi connectivity index (χ2v) is 7.52. The number of ether oxygens (including phenoxy) is 1. The third-order valence-electron chi connectivity index (χ3n) is 4.20. The van der Waals surface area contributed by atoms with Gasteiger partial charge in [0.2, 0.25) is 0 Å². The summed E-state index contributed by atoms with van der Waals surface area (Å²) in [6, 6.07) is 14.7. The Morgan fingerprint density at radius 3 is 2.18 bits per heavy atom. The van der Waals surface area contributed by atoms with E-state index in [9.17, 15) is 0 Å². The minimum absolute atomic E-state index is 0. The third kappa shape index (κ3) is 3.74. The molecule has 0 spiro atoms. The molecule has 2 aromatic rings. The molecule has 1 aliphatic rings. The van der Waals surface area contributed by atoms with Gasteiger partial charge >= 0.3 is 0 Å². The van der Waals surface area contributed by atoms with Crippen LogP contribution in [0.1, 0.15) is 40.5 Å². The molecule has 1 aliphatic heterocycles. The molecule has 0 bridgehead atoms. The summed E-state index contributed by atoms with van der Waals surface area (Å²) in [5, 5.41) is 6.15. The minimum atomic E-state index is 0. The van der Waals surface area contributed by atoms with Crippen LogP contribution in [-0.4, -0.2) is 17.2 Å². The van der Waals surface area contributed by atoms with Gasteiger partial charge in [0.15, 0.2) is 0 Å². The fourth-order valence-electron chi connectivity index (χ4n) is 3.79. The van der Waals surface area contributed by atoms with Crippen molar-refractivity contribution in [2.45, 2.75) is 57.7 Å². The van der Waals surface area contributed by atoms with Crippen LogP contribution >= 0.6 is 12.4 Å². The Kier molecular flexibility index (Phi) is 4.74. The largest absolute Gasteiger partial charge is 0.490 e. The summed E-state index contributed by atoms with van der Waals surface area (Å²) < 4.78 is 6.40. The van der Waals surface area contributed by atoms with Gasteiger partial charge in [0, 0.05) is 29.3 Å². The van der Waals surface area contributed by atoms with Crippen LogP contribution in [0.4, 0.5) is 0 Å². The number of nitrogens with one attached hydrogen (secondary N) is 1. The molecule has 1 fully saturated rings. The molecule has 0 radical (unpaired) electrons. The van der Waals surface area contributed by atoms with Crippen molar-refractivity contribution in [2.24, 2.45) is 0 Å². The molecule has 1 saturated heterocycles. The third-order valence-corrected chi connectivity index (χ3v) is 4.20. The lowest BCUT2D eigenvalue weighted by molar-refractivity contribution is 0.0569. The first kappa shape index (κ1) is 17.1. The smallest absolute Gasteiger partial charge is 0.127 e. The number of fused-ring (bicyclic) bond motifs is 1. The molecule has 3 rings (SSSR count). The van der Waals surface area contributed by atoms with E-state index in [1.54, 1.807) is 0 Å². The molecule has 2 aromatic carbocycles. The average molecular weight is 320 g/mol. The fraction of sp³-hybridized carbons (Fsp3) is 0.474. The Hall–Kier alpha value is -1.25. The number of benzene rings is 2. The summed E-state index contributed by atoms with van der Waals surface area (Å²) in [4.78, 5) is 0. The standard InChI is InChI=1S/C19H25NO.ClH/c1-18(2)12-15(13-19(3,4)20-18)21-17-11-7-9-14-8-5-6-10-16(14)17;/h5-11,15,20H,12-13H2,1-4H3;1H. The fourth-order valence-corrected chi connectivity index (χ4v) is 3.79. The maximum Gasteiger partial charge on any atom is 0.127 e. The average Bonchev–Trinajstić information content (AvgIpc) is 2.35. The lowest BCUT2D eigenvalue weighted by Gasteiger charge is -2.46. The SMILES string of the molecule is CC1(C)CC(Oc2cccc3ccccc23)CC(C)(C)N1.Cl. The molecule has 0 saturated carbocycles. The highest BCUT2D eigenvalue weighted by Gasteiger charge is 2.38. The Morgan fingerprint density at radius 1 is 0.909 bits per heavy atom. The van der Waals surface area contributed by atoms with Crippen LogP contribution < -0.4 is 10.1 Å². The summed E-state index contributed by atoms with van der Waals surface area (Å²) >= 11 is 0. The molecular weight excluding hydrogens is 294 g/mol. The quantitative estimate of drug-likeness (QED) is 0.845. The molecule has 0 unspecified atom stereocenters. The van der Waals surface area contributed by atoms with Crippen molar-refractivity contribution >= 4 is 23.2 Å². The van der Waals surface area contributed by atoms with E-state index in [1.807, 2.05) is 0 Å². The molecule has 0 atom stereocenters. The predicted octanol–water partition coefficient (Wildman–Crippen LogP) is 4.95. The van der Waals surface area contributed by atoms with Crippen LogP contribution in [0.25, 0.3) is 10.8 Å². The summed E-state index contributed by atoms with van der Waals surface area (Å²) in [6.45, 7) is 9.03. The minimum Gasteiger partial charge on any atom is -0.490 e. The van der Waals surface area contributed by atoms with E-state index in [0.29, 0.717) is 0 Å². The van der Waals surface area contributed by atoms with Gasteiger partial charge in [-0.25, -0.2) is 0 Å². The Bertz CT molecular complexity index is 629. The topological polar surface area (TPSA) is 21.3 Å². The van der Waals surface area contributed by atoms with Crippen molar-refractivity contribution in [3.63, 3.8) is 0 Å². The molecule has 1 heterocycles. The predicted molar refractivity (Wildman–Crippen MR) is 96.1 cm³/mol. The number of rotatable bonds is 2. The Labute approximate surface area is 139 Å². The Morgan fingerprint density at radius 2 is 1.50 bits per heavy atom. The monoisotopic (exact) mass is 319 g/mol. The second-order valence-electron chi connectivity index (χ2n) is 7.52. The summed E-state index contributed by atoms with van der Waals surface area (Å²) in [6.07, 6.45) is 2.31. The van der Waals surface area contributed by atoms with E-state index < -0.39 is 0 Å². The van der Waals surface area contributed by atoms with Gasteiger partial charge < -0.3 is 10.1 Å². The van der Waals surface area contributed by atoms with Crippen molar-refractivity contribution in [3.8, 4) is 5.75 Å². The first-order valence-electron chi connectivity index (χ1n) is 7.78. The van der Waals surface area contributed by atoms with Crippen LogP contribution in [0, 0.1) is 0 Å². The zero-order chi connectivity index (χ0) is 15.1. The highest BCUT2D eigenvalue weighted by molar-refractivity contribution is 5.88. The first-order chi connectivity index (χ1) is 9.85. The van der Waals surface area contributed by atoms with Gasteiger partial charge in [-0.2, -0.15) is 0 Å². The molecule has 0 aliphatic carbocycles. The van der Waals surface area contributed by atoms with Gasteiger partial charge in [0.1, 0.15) is 11.9 Å². The highest BCUT2D eigenvalue weighted by atomic mass is 35.5. The van der Waals surface area contributed by atoms with Crippen LogP contribution in [0.15, 0.2) is 42.5 Å². The van der Waals surface area contributed by atoms with E-state index in [0.717, 1.165) is 18.6 Å². The van der Waals surface area contributed by atoms with Gasteiger partial charge in [-0.3, -0.25) is 0 Å². The van der Waals surface area contributed by atoms with Crippen LogP contribution in [0.5, 0.6) is 5.75 Å². The van der Waals surface area contributed by atoms with Crippen molar-refractivity contribution in [1.29, 1.82) is 0 Å². The lowest BCUT2D eigenvalue weighted by atomic mass is 9.81. The molecule has 0 aromatic heterocycles. The molecular formula is C19H26ClNO. The van der Waals surface area contributed by atoms with Crippen LogP contribution in [0.2, 0.25) is 0 Å². The second kappa shape index (κ2) is 6.10. The first-order valence-corrected chi connectivity index (χ1v) is 7.78. The van der Waals surface area contributed by atoms with Crippen LogP contribution in [-0.2, 0) is 0 Å². The maximum atomic E-state index is 6.40. The highest BCUT2D eigenvalue weighted by Crippen LogP contribution is 2.33. The molecule has 1 N–H and O–H groups in total. The summed E-state index contributed by atoms with van der Waals surface area (Å²) in [7, 11) is 0. The molecule has 0 amide bonds. The zero-order valence-electron chi connectivity index (χ0n) is 13.8. The van der Waals surface area contributed by atoms with Crippen molar-refractivity contribution in [2.75, 3.05) is 0 Å². The number of piperidine rings is 1. The number of hydrogen-bond donors (Lipinski definition) is 1. The van der Waals surface area contributed by atoms with Gasteiger partial charge in [-0.15, -0.1) is 12.4 Å². The summed E-state index contributed by atoms with van der Waals surface area (Å²) in [5.41, 5.74) is 0.216. The van der Waals surface area contributed by atoms with E-state index in [4.69, 9.17) is 4.74 Å². The molecule has 3 heteroatoms. The van der Waals surface area contributed by atoms with E-state index >= 15 is 0 Å². The Balaban J connectivity index is 0.00000176. The molecule has 2 nitrogen and oxygen atoms in total. The van der Waals surface area contributed by atoms with E-state index in [2.05, 4.69) is 75.5 Å². The maximum absolute atomic E-state index is 6.40. The normalized spacial score (nSPS) is 20.4. The summed E-state index contributed by atoms with van der Waals surface area (Å²) in [5.74, 6) is 1.01. The van der Waals surface area contributed by atoms with Gasteiger partial charge in [-0.1, -0.05) is 36.4 Å². The van der Waals surface area contributed by atoms with Crippen molar-refractivity contribution in [1.82, 2.24) is 5.32 Å².